The zero-order valence-electron chi connectivity index (χ0n) is 16.3. The number of halogens is 2. The summed E-state index contributed by atoms with van der Waals surface area (Å²) in [4.78, 5) is 16.9. The number of nitrogens with one attached hydrogen (secondary N) is 1. The summed E-state index contributed by atoms with van der Waals surface area (Å²) in [6.45, 7) is 0.0784. The van der Waals surface area contributed by atoms with Crippen LogP contribution in [0.15, 0.2) is 63.8 Å². The Balaban J connectivity index is 1.42. The van der Waals surface area contributed by atoms with Gasteiger partial charge in [0.15, 0.2) is 12.4 Å². The molecule has 0 spiro atoms. The van der Waals surface area contributed by atoms with Gasteiger partial charge in [-0.1, -0.05) is 18.2 Å². The van der Waals surface area contributed by atoms with Gasteiger partial charge in [0.1, 0.15) is 20.7 Å². The van der Waals surface area contributed by atoms with Crippen molar-refractivity contribution in [3.05, 3.63) is 69.6 Å². The lowest BCUT2D eigenvalue weighted by atomic mass is 10.3. The van der Waals surface area contributed by atoms with Gasteiger partial charge in [-0.15, -0.1) is 0 Å². The number of nitrogen functional groups attached to an aromatic ring is 1. The second-order valence-electron chi connectivity index (χ2n) is 6.32. The van der Waals surface area contributed by atoms with Crippen molar-refractivity contribution < 1.29 is 9.47 Å². The van der Waals surface area contributed by atoms with E-state index in [0.717, 1.165) is 16.0 Å². The van der Waals surface area contributed by atoms with Crippen molar-refractivity contribution in [3.8, 4) is 17.5 Å². The molecule has 0 saturated carbocycles. The summed E-state index contributed by atoms with van der Waals surface area (Å²) in [5.74, 6) is 2.25. The van der Waals surface area contributed by atoms with E-state index in [4.69, 9.17) is 15.2 Å². The molecule has 31 heavy (non-hydrogen) atoms. The average molecular weight is 547 g/mol. The minimum Gasteiger partial charge on any atom is -0.457 e. The summed E-state index contributed by atoms with van der Waals surface area (Å²) in [5.41, 5.74) is 6.61. The molecular weight excluding hydrogens is 530 g/mol. The van der Waals surface area contributed by atoms with Gasteiger partial charge in [-0.3, -0.25) is 4.57 Å². The monoisotopic (exact) mass is 545 g/mol. The largest absolute Gasteiger partial charge is 0.457 e. The number of nitrogens with zero attached hydrogens (tertiary/aromatic N) is 5. The zero-order valence-corrected chi connectivity index (χ0v) is 19.5. The first-order valence-electron chi connectivity index (χ1n) is 9.09. The van der Waals surface area contributed by atoms with Crippen LogP contribution in [0.3, 0.4) is 0 Å². The van der Waals surface area contributed by atoms with Crippen LogP contribution in [-0.4, -0.2) is 24.5 Å². The number of ether oxygens (including phenoxy) is 2. The van der Waals surface area contributed by atoms with Crippen molar-refractivity contribution in [2.24, 2.45) is 7.05 Å². The smallest absolute Gasteiger partial charge is 0.298 e. The molecule has 0 radical (unpaired) electrons. The van der Waals surface area contributed by atoms with Crippen LogP contribution in [0.1, 0.15) is 5.82 Å². The molecule has 0 bridgehead atoms. The van der Waals surface area contributed by atoms with Crippen LogP contribution in [-0.2, 0) is 13.7 Å². The highest BCUT2D eigenvalue weighted by molar-refractivity contribution is 9.13. The van der Waals surface area contributed by atoms with E-state index in [1.807, 2.05) is 61.6 Å². The predicted molar refractivity (Wildman–Crippen MR) is 123 cm³/mol. The van der Waals surface area contributed by atoms with Gasteiger partial charge in [0, 0.05) is 12.7 Å². The Morgan fingerprint density at radius 1 is 0.935 bits per heavy atom. The summed E-state index contributed by atoms with van der Waals surface area (Å²) in [6, 6.07) is 17.4. The van der Waals surface area contributed by atoms with Gasteiger partial charge in [0.05, 0.1) is 0 Å². The van der Waals surface area contributed by atoms with Gasteiger partial charge in [-0.2, -0.15) is 19.9 Å². The number of anilines is 3. The zero-order chi connectivity index (χ0) is 21.8. The lowest BCUT2D eigenvalue weighted by Crippen LogP contribution is -2.10. The maximum absolute atomic E-state index is 5.84. The number of aromatic nitrogens is 5. The lowest BCUT2D eigenvalue weighted by molar-refractivity contribution is 0.262. The number of imidazole rings is 1. The van der Waals surface area contributed by atoms with Crippen LogP contribution in [0.4, 0.5) is 17.6 Å². The van der Waals surface area contributed by atoms with E-state index in [0.29, 0.717) is 28.1 Å². The van der Waals surface area contributed by atoms with E-state index in [1.54, 1.807) is 4.57 Å². The SMILES string of the molecule is Cn1c(OCc2nc(N)nc(Nc3ccc(Oc4ccccc4)cc3)n2)nc(Br)c1Br. The minimum absolute atomic E-state index is 0.0784. The first-order chi connectivity index (χ1) is 15.0. The first kappa shape index (κ1) is 21.1. The summed E-state index contributed by atoms with van der Waals surface area (Å²) in [6.07, 6.45) is 0. The molecule has 3 N–H and O–H groups in total. The van der Waals surface area contributed by atoms with E-state index in [2.05, 4.69) is 57.1 Å². The maximum atomic E-state index is 5.84. The third-order valence-corrected chi connectivity index (χ3v) is 6.06. The Bertz CT molecular complexity index is 1180. The summed E-state index contributed by atoms with van der Waals surface area (Å²) >= 11 is 6.74. The highest BCUT2D eigenvalue weighted by atomic mass is 79.9. The lowest BCUT2D eigenvalue weighted by Gasteiger charge is -2.09. The number of benzene rings is 2. The number of hydrogen-bond donors (Lipinski definition) is 2. The van der Waals surface area contributed by atoms with Crippen LogP contribution in [0.25, 0.3) is 0 Å². The molecule has 0 aliphatic heterocycles. The topological polar surface area (TPSA) is 113 Å². The van der Waals surface area contributed by atoms with E-state index >= 15 is 0 Å². The van der Waals surface area contributed by atoms with E-state index in [1.165, 1.54) is 0 Å². The van der Waals surface area contributed by atoms with Crippen molar-refractivity contribution in [1.29, 1.82) is 0 Å². The Morgan fingerprint density at radius 2 is 1.65 bits per heavy atom. The first-order valence-corrected chi connectivity index (χ1v) is 10.7. The maximum Gasteiger partial charge on any atom is 0.298 e. The normalized spacial score (nSPS) is 10.7. The molecule has 2 heterocycles. The Morgan fingerprint density at radius 3 is 2.32 bits per heavy atom. The summed E-state index contributed by atoms with van der Waals surface area (Å²) in [7, 11) is 1.82. The molecule has 0 saturated heterocycles. The fourth-order valence-electron chi connectivity index (χ4n) is 2.60. The molecule has 9 nitrogen and oxygen atoms in total. The van der Waals surface area contributed by atoms with Crippen LogP contribution in [0.2, 0.25) is 0 Å². The molecule has 158 valence electrons. The van der Waals surface area contributed by atoms with Crippen molar-refractivity contribution in [1.82, 2.24) is 24.5 Å². The van der Waals surface area contributed by atoms with Gasteiger partial charge < -0.3 is 20.5 Å². The minimum atomic E-state index is 0.0784. The van der Waals surface area contributed by atoms with Gasteiger partial charge >= 0.3 is 0 Å². The molecule has 0 aliphatic carbocycles. The highest BCUT2D eigenvalue weighted by Gasteiger charge is 2.13. The Hall–Kier alpha value is -3.18. The molecule has 0 aliphatic rings. The van der Waals surface area contributed by atoms with Crippen LogP contribution in [0.5, 0.6) is 17.5 Å². The number of nitrogens with two attached hydrogens (primary N) is 1. The van der Waals surface area contributed by atoms with E-state index < -0.39 is 0 Å². The van der Waals surface area contributed by atoms with Crippen LogP contribution >= 0.6 is 31.9 Å². The second kappa shape index (κ2) is 9.31. The number of para-hydroxylation sites is 1. The molecule has 4 rings (SSSR count). The fourth-order valence-corrected chi connectivity index (χ4v) is 3.26. The average Bonchev–Trinajstić information content (AvgIpc) is 3.01. The summed E-state index contributed by atoms with van der Waals surface area (Å²) in [5, 5.41) is 3.11. The molecular formula is C20H17Br2N7O2. The number of rotatable bonds is 7. The molecule has 11 heteroatoms. The van der Waals surface area contributed by atoms with Crippen molar-refractivity contribution in [2.75, 3.05) is 11.1 Å². The van der Waals surface area contributed by atoms with E-state index in [9.17, 15) is 0 Å². The molecule has 0 amide bonds. The third-order valence-electron chi connectivity index (χ3n) is 4.06. The van der Waals surface area contributed by atoms with Gasteiger partial charge in [0.25, 0.3) is 6.01 Å². The predicted octanol–water partition coefficient (Wildman–Crippen LogP) is 4.83. The van der Waals surface area contributed by atoms with Gasteiger partial charge in [-0.05, 0) is 68.3 Å². The number of hydrogen-bond acceptors (Lipinski definition) is 8. The second-order valence-corrected chi connectivity index (χ2v) is 7.82. The van der Waals surface area contributed by atoms with E-state index in [-0.39, 0.29) is 12.6 Å². The third kappa shape index (κ3) is 5.30. The highest BCUT2D eigenvalue weighted by Crippen LogP contribution is 2.27. The molecule has 0 fully saturated rings. The quantitative estimate of drug-likeness (QED) is 0.339. The molecule has 2 aromatic carbocycles. The Kier molecular flexibility index (Phi) is 6.33. The van der Waals surface area contributed by atoms with Gasteiger partial charge in [0.2, 0.25) is 11.9 Å². The van der Waals surface area contributed by atoms with Crippen molar-refractivity contribution in [2.45, 2.75) is 6.61 Å². The van der Waals surface area contributed by atoms with Gasteiger partial charge in [-0.25, -0.2) is 0 Å². The van der Waals surface area contributed by atoms with Crippen molar-refractivity contribution >= 4 is 49.4 Å². The Labute approximate surface area is 194 Å². The molecule has 0 unspecified atom stereocenters. The fraction of sp³-hybridized carbons (Fsp3) is 0.100. The van der Waals surface area contributed by atoms with Crippen LogP contribution in [0, 0.1) is 0 Å². The summed E-state index contributed by atoms with van der Waals surface area (Å²) < 4.78 is 14.6. The standard InChI is InChI=1S/C20H17Br2N7O2/c1-29-17(22)16(21)27-20(29)30-11-15-25-18(23)28-19(26-15)24-12-7-9-14(10-8-12)31-13-5-3-2-4-6-13/h2-10H,11H2,1H3,(H3,23,24,25,26,28). The molecule has 2 aromatic heterocycles. The molecule has 4 aromatic rings. The molecule has 0 atom stereocenters. The van der Waals surface area contributed by atoms with Crippen LogP contribution < -0.4 is 20.5 Å². The van der Waals surface area contributed by atoms with Crippen molar-refractivity contribution in [3.63, 3.8) is 0 Å².